The lowest BCUT2D eigenvalue weighted by Gasteiger charge is -2.29. The Balaban J connectivity index is 2.31. The van der Waals surface area contributed by atoms with Crippen molar-refractivity contribution in [1.82, 2.24) is 5.32 Å². The quantitative estimate of drug-likeness (QED) is 0.843. The molecule has 2 amide bonds. The lowest BCUT2D eigenvalue weighted by atomic mass is 10.0. The van der Waals surface area contributed by atoms with Crippen LogP contribution in [-0.4, -0.2) is 37.1 Å². The summed E-state index contributed by atoms with van der Waals surface area (Å²) in [4.78, 5) is 26.6. The maximum Gasteiger partial charge on any atom is 0.254 e. The van der Waals surface area contributed by atoms with E-state index in [-0.39, 0.29) is 11.8 Å². The number of ether oxygens (including phenoxy) is 1. The molecule has 0 atom stereocenters. The molecule has 0 radical (unpaired) electrons. The number of para-hydroxylation sites is 1. The second kappa shape index (κ2) is 6.26. The molecule has 1 heterocycles. The summed E-state index contributed by atoms with van der Waals surface area (Å²) in [6.45, 7) is 7.05. The molecule has 114 valence electrons. The number of carbonyl (C=O) groups is 2. The van der Waals surface area contributed by atoms with Crippen molar-refractivity contribution >= 4 is 17.5 Å². The summed E-state index contributed by atoms with van der Waals surface area (Å²) < 4.78 is 5.49. The molecule has 2 rings (SSSR count). The van der Waals surface area contributed by atoms with E-state index in [1.54, 1.807) is 36.9 Å². The van der Waals surface area contributed by atoms with Crippen molar-refractivity contribution in [1.29, 1.82) is 0 Å². The van der Waals surface area contributed by atoms with Gasteiger partial charge < -0.3 is 15.0 Å². The number of carbonyl (C=O) groups excluding carboxylic acids is 2. The fourth-order valence-electron chi connectivity index (χ4n) is 2.38. The van der Waals surface area contributed by atoms with Crippen molar-refractivity contribution in [3.05, 3.63) is 29.8 Å². The molecule has 0 aliphatic carbocycles. The minimum atomic E-state index is -0.930. The molecule has 5 nitrogen and oxygen atoms in total. The SMILES string of the molecule is CCCOCCN1C(=O)C(C)(C)NC(=O)c2ccccc21. The molecule has 21 heavy (non-hydrogen) atoms. The molecule has 1 aliphatic rings. The van der Waals surface area contributed by atoms with Crippen LogP contribution in [0, 0.1) is 0 Å². The first-order valence-electron chi connectivity index (χ1n) is 7.28. The van der Waals surface area contributed by atoms with E-state index in [1.165, 1.54) is 0 Å². The Kier molecular flexibility index (Phi) is 4.63. The van der Waals surface area contributed by atoms with Crippen LogP contribution >= 0.6 is 0 Å². The first-order valence-corrected chi connectivity index (χ1v) is 7.28. The number of nitrogens with zero attached hydrogens (tertiary/aromatic N) is 1. The molecule has 1 aliphatic heterocycles. The third-order valence-electron chi connectivity index (χ3n) is 3.45. The largest absolute Gasteiger partial charge is 0.380 e. The van der Waals surface area contributed by atoms with Crippen LogP contribution in [0.4, 0.5) is 5.69 Å². The lowest BCUT2D eigenvalue weighted by Crippen LogP contribution is -2.54. The maximum absolute atomic E-state index is 12.7. The summed E-state index contributed by atoms with van der Waals surface area (Å²) >= 11 is 0. The van der Waals surface area contributed by atoms with Crippen molar-refractivity contribution in [3.8, 4) is 0 Å². The summed E-state index contributed by atoms with van der Waals surface area (Å²) in [6.07, 6.45) is 0.941. The number of fused-ring (bicyclic) bond motifs is 1. The van der Waals surface area contributed by atoms with Crippen molar-refractivity contribution < 1.29 is 14.3 Å². The topological polar surface area (TPSA) is 58.6 Å². The number of amides is 2. The van der Waals surface area contributed by atoms with Crippen LogP contribution in [0.3, 0.4) is 0 Å². The fraction of sp³-hybridized carbons (Fsp3) is 0.500. The van der Waals surface area contributed by atoms with Crippen molar-refractivity contribution in [2.24, 2.45) is 0 Å². The van der Waals surface area contributed by atoms with Gasteiger partial charge in [-0.3, -0.25) is 9.59 Å². The molecule has 0 fully saturated rings. The molecule has 0 saturated carbocycles. The van der Waals surface area contributed by atoms with E-state index in [0.717, 1.165) is 6.42 Å². The second-order valence-electron chi connectivity index (χ2n) is 5.67. The van der Waals surface area contributed by atoms with E-state index in [4.69, 9.17) is 4.74 Å². The Morgan fingerprint density at radius 3 is 2.62 bits per heavy atom. The zero-order valence-electron chi connectivity index (χ0n) is 12.8. The Morgan fingerprint density at radius 2 is 1.90 bits per heavy atom. The average molecular weight is 290 g/mol. The fourth-order valence-corrected chi connectivity index (χ4v) is 2.38. The molecular weight excluding hydrogens is 268 g/mol. The number of benzene rings is 1. The van der Waals surface area contributed by atoms with E-state index in [1.807, 2.05) is 13.0 Å². The van der Waals surface area contributed by atoms with Gasteiger partial charge in [0, 0.05) is 13.2 Å². The number of hydrogen-bond donors (Lipinski definition) is 1. The molecule has 1 N–H and O–H groups in total. The normalized spacial score (nSPS) is 17.2. The zero-order chi connectivity index (χ0) is 15.5. The van der Waals surface area contributed by atoms with E-state index in [2.05, 4.69) is 5.32 Å². The number of rotatable bonds is 5. The van der Waals surface area contributed by atoms with Gasteiger partial charge in [0.05, 0.1) is 17.9 Å². The summed E-state index contributed by atoms with van der Waals surface area (Å²) in [5.74, 6) is -0.346. The molecule has 0 saturated heterocycles. The summed E-state index contributed by atoms with van der Waals surface area (Å²) in [5.41, 5.74) is 0.235. The Labute approximate surface area is 125 Å². The lowest BCUT2D eigenvalue weighted by molar-refractivity contribution is -0.123. The van der Waals surface area contributed by atoms with Gasteiger partial charge in [-0.15, -0.1) is 0 Å². The van der Waals surface area contributed by atoms with E-state index < -0.39 is 5.54 Å². The summed E-state index contributed by atoms with van der Waals surface area (Å²) in [7, 11) is 0. The molecule has 0 spiro atoms. The van der Waals surface area contributed by atoms with E-state index in [0.29, 0.717) is 31.0 Å². The predicted octanol–water partition coefficient (Wildman–Crippen LogP) is 1.97. The predicted molar refractivity (Wildman–Crippen MR) is 81.5 cm³/mol. The highest BCUT2D eigenvalue weighted by atomic mass is 16.5. The number of hydrogen-bond acceptors (Lipinski definition) is 3. The van der Waals surface area contributed by atoms with Gasteiger partial charge in [-0.1, -0.05) is 19.1 Å². The second-order valence-corrected chi connectivity index (χ2v) is 5.67. The Hall–Kier alpha value is -1.88. The smallest absolute Gasteiger partial charge is 0.254 e. The molecule has 1 aromatic carbocycles. The van der Waals surface area contributed by atoms with Crippen molar-refractivity contribution in [2.75, 3.05) is 24.7 Å². The van der Waals surface area contributed by atoms with Crippen LogP contribution in [-0.2, 0) is 9.53 Å². The highest BCUT2D eigenvalue weighted by Gasteiger charge is 2.38. The average Bonchev–Trinajstić information content (AvgIpc) is 2.52. The third-order valence-corrected chi connectivity index (χ3v) is 3.45. The van der Waals surface area contributed by atoms with E-state index in [9.17, 15) is 9.59 Å². The molecule has 1 aromatic rings. The van der Waals surface area contributed by atoms with Crippen LogP contribution in [0.15, 0.2) is 24.3 Å². The summed E-state index contributed by atoms with van der Waals surface area (Å²) in [6, 6.07) is 7.16. The molecule has 0 aromatic heterocycles. The highest BCUT2D eigenvalue weighted by molar-refractivity contribution is 6.12. The minimum Gasteiger partial charge on any atom is -0.380 e. The minimum absolute atomic E-state index is 0.124. The van der Waals surface area contributed by atoms with Crippen LogP contribution in [0.25, 0.3) is 0 Å². The van der Waals surface area contributed by atoms with Gasteiger partial charge in [-0.2, -0.15) is 0 Å². The van der Waals surface area contributed by atoms with Crippen LogP contribution in [0.2, 0.25) is 0 Å². The van der Waals surface area contributed by atoms with E-state index >= 15 is 0 Å². The van der Waals surface area contributed by atoms with Gasteiger partial charge in [0.1, 0.15) is 5.54 Å². The monoisotopic (exact) mass is 290 g/mol. The van der Waals surface area contributed by atoms with Crippen LogP contribution in [0.1, 0.15) is 37.6 Å². The van der Waals surface area contributed by atoms with Gasteiger partial charge >= 0.3 is 0 Å². The van der Waals surface area contributed by atoms with Crippen LogP contribution < -0.4 is 10.2 Å². The van der Waals surface area contributed by atoms with Crippen LogP contribution in [0.5, 0.6) is 0 Å². The maximum atomic E-state index is 12.7. The standard InChI is InChI=1S/C16H22N2O3/c1-4-10-21-11-9-18-13-8-6-5-7-12(13)14(19)17-16(2,3)15(18)20/h5-8H,4,9-11H2,1-3H3,(H,17,19). The molecule has 5 heteroatoms. The number of anilines is 1. The Morgan fingerprint density at radius 1 is 1.19 bits per heavy atom. The summed E-state index contributed by atoms with van der Waals surface area (Å²) in [5, 5.41) is 2.78. The third kappa shape index (κ3) is 3.24. The van der Waals surface area contributed by atoms with Crippen molar-refractivity contribution in [3.63, 3.8) is 0 Å². The molecule has 0 unspecified atom stereocenters. The first-order chi connectivity index (χ1) is 9.97. The van der Waals surface area contributed by atoms with Gasteiger partial charge in [-0.25, -0.2) is 0 Å². The zero-order valence-corrected chi connectivity index (χ0v) is 12.8. The van der Waals surface area contributed by atoms with Gasteiger partial charge in [0.25, 0.3) is 11.8 Å². The first kappa shape index (κ1) is 15.5. The van der Waals surface area contributed by atoms with Gasteiger partial charge in [0.15, 0.2) is 0 Å². The van der Waals surface area contributed by atoms with Gasteiger partial charge in [-0.05, 0) is 32.4 Å². The Bertz CT molecular complexity index is 540. The molecule has 0 bridgehead atoms. The molecular formula is C16H22N2O3. The van der Waals surface area contributed by atoms with Crippen molar-refractivity contribution in [2.45, 2.75) is 32.7 Å². The highest BCUT2D eigenvalue weighted by Crippen LogP contribution is 2.27. The van der Waals surface area contributed by atoms with Gasteiger partial charge in [0.2, 0.25) is 0 Å². The number of nitrogens with one attached hydrogen (secondary N) is 1.